The Morgan fingerprint density at radius 1 is 1.40 bits per heavy atom. The minimum Gasteiger partial charge on any atom is -0.480 e. The van der Waals surface area contributed by atoms with Crippen LogP contribution < -0.4 is 10.2 Å². The summed E-state index contributed by atoms with van der Waals surface area (Å²) in [5, 5.41) is 13.3. The zero-order valence-electron chi connectivity index (χ0n) is 11.6. The van der Waals surface area contributed by atoms with E-state index in [0.29, 0.717) is 0 Å². The van der Waals surface area contributed by atoms with Gasteiger partial charge in [-0.15, -0.1) is 0 Å². The molecule has 0 saturated carbocycles. The van der Waals surface area contributed by atoms with Crippen molar-refractivity contribution in [1.29, 1.82) is 0 Å². The first-order valence-corrected chi connectivity index (χ1v) is 6.58. The van der Waals surface area contributed by atoms with E-state index in [0.717, 1.165) is 24.4 Å². The standard InChI is InChI=1S/C14H18N2O4/c1-3-10-5-11(16(4-2)15-10)8-20-14-9-19-12(7-17)6-13(14)18/h5-6,9,17H,3-4,7-8H2,1-2H3. The van der Waals surface area contributed by atoms with E-state index in [1.165, 1.54) is 12.3 Å². The quantitative estimate of drug-likeness (QED) is 0.866. The minimum absolute atomic E-state index is 0.129. The van der Waals surface area contributed by atoms with Gasteiger partial charge in [-0.05, 0) is 19.4 Å². The second kappa shape index (κ2) is 6.38. The normalized spacial score (nSPS) is 10.8. The van der Waals surface area contributed by atoms with Crippen LogP contribution in [-0.2, 0) is 26.2 Å². The molecule has 0 bridgehead atoms. The largest absolute Gasteiger partial charge is 0.480 e. The van der Waals surface area contributed by atoms with Crippen molar-refractivity contribution in [1.82, 2.24) is 9.78 Å². The molecule has 20 heavy (non-hydrogen) atoms. The van der Waals surface area contributed by atoms with Crippen LogP contribution in [0.5, 0.6) is 5.75 Å². The van der Waals surface area contributed by atoms with Gasteiger partial charge in [-0.2, -0.15) is 5.10 Å². The Bertz CT molecular complexity index is 630. The fourth-order valence-corrected chi connectivity index (χ4v) is 1.86. The van der Waals surface area contributed by atoms with Gasteiger partial charge in [0.05, 0.1) is 11.4 Å². The fraction of sp³-hybridized carbons (Fsp3) is 0.429. The third-order valence-electron chi connectivity index (χ3n) is 2.96. The van der Waals surface area contributed by atoms with Crippen molar-refractivity contribution in [3.05, 3.63) is 45.8 Å². The van der Waals surface area contributed by atoms with Crippen LogP contribution in [0.3, 0.4) is 0 Å². The number of rotatable bonds is 6. The summed E-state index contributed by atoms with van der Waals surface area (Å²) in [4.78, 5) is 11.7. The van der Waals surface area contributed by atoms with Crippen molar-refractivity contribution in [3.63, 3.8) is 0 Å². The predicted molar refractivity (Wildman–Crippen MR) is 72.5 cm³/mol. The maximum Gasteiger partial charge on any atom is 0.227 e. The number of hydrogen-bond donors (Lipinski definition) is 1. The molecule has 0 aliphatic carbocycles. The van der Waals surface area contributed by atoms with Gasteiger partial charge in [0, 0.05) is 12.6 Å². The maximum atomic E-state index is 11.7. The van der Waals surface area contributed by atoms with Gasteiger partial charge in [0.2, 0.25) is 11.2 Å². The van der Waals surface area contributed by atoms with E-state index in [1.54, 1.807) is 0 Å². The van der Waals surface area contributed by atoms with Crippen LogP contribution in [-0.4, -0.2) is 14.9 Å². The molecule has 0 saturated heterocycles. The van der Waals surface area contributed by atoms with Gasteiger partial charge < -0.3 is 14.3 Å². The Kier molecular flexibility index (Phi) is 4.57. The summed E-state index contributed by atoms with van der Waals surface area (Å²) in [6, 6.07) is 3.19. The Morgan fingerprint density at radius 3 is 2.80 bits per heavy atom. The van der Waals surface area contributed by atoms with E-state index in [1.807, 2.05) is 24.6 Å². The Morgan fingerprint density at radius 2 is 2.20 bits per heavy atom. The van der Waals surface area contributed by atoms with Gasteiger partial charge in [-0.3, -0.25) is 9.48 Å². The van der Waals surface area contributed by atoms with Crippen molar-refractivity contribution in [2.45, 2.75) is 40.0 Å². The summed E-state index contributed by atoms with van der Waals surface area (Å²) >= 11 is 0. The topological polar surface area (TPSA) is 77.5 Å². The highest BCUT2D eigenvalue weighted by Crippen LogP contribution is 2.11. The lowest BCUT2D eigenvalue weighted by Gasteiger charge is -2.06. The highest BCUT2D eigenvalue weighted by molar-refractivity contribution is 5.18. The molecule has 1 N–H and O–H groups in total. The zero-order valence-corrected chi connectivity index (χ0v) is 11.6. The van der Waals surface area contributed by atoms with Gasteiger partial charge in [-0.1, -0.05) is 6.92 Å². The SMILES string of the molecule is CCc1cc(COc2coc(CO)cc2=O)n(CC)n1. The van der Waals surface area contributed by atoms with Gasteiger partial charge >= 0.3 is 0 Å². The van der Waals surface area contributed by atoms with Crippen molar-refractivity contribution < 1.29 is 14.3 Å². The van der Waals surface area contributed by atoms with Crippen LogP contribution in [0, 0.1) is 0 Å². The fourth-order valence-electron chi connectivity index (χ4n) is 1.86. The van der Waals surface area contributed by atoms with Gasteiger partial charge in [0.1, 0.15) is 25.2 Å². The molecule has 0 aromatic carbocycles. The molecular formula is C14H18N2O4. The van der Waals surface area contributed by atoms with Crippen LogP contribution in [0.4, 0.5) is 0 Å². The molecule has 2 aromatic heterocycles. The number of aromatic nitrogens is 2. The van der Waals surface area contributed by atoms with Gasteiger partial charge in [-0.25, -0.2) is 0 Å². The molecule has 0 radical (unpaired) electrons. The zero-order chi connectivity index (χ0) is 14.5. The average Bonchev–Trinajstić information content (AvgIpc) is 2.88. The highest BCUT2D eigenvalue weighted by atomic mass is 16.5. The lowest BCUT2D eigenvalue weighted by Crippen LogP contribution is -2.11. The molecule has 0 amide bonds. The second-order valence-corrected chi connectivity index (χ2v) is 4.32. The number of aliphatic hydroxyl groups is 1. The molecule has 0 fully saturated rings. The summed E-state index contributed by atoms with van der Waals surface area (Å²) in [6.07, 6.45) is 2.08. The lowest BCUT2D eigenvalue weighted by atomic mass is 10.3. The molecule has 0 unspecified atom stereocenters. The molecule has 6 heteroatoms. The van der Waals surface area contributed by atoms with Crippen molar-refractivity contribution in [3.8, 4) is 5.75 Å². The number of ether oxygens (including phenoxy) is 1. The third-order valence-corrected chi connectivity index (χ3v) is 2.96. The van der Waals surface area contributed by atoms with Gasteiger partial charge in [0.25, 0.3) is 0 Å². The Balaban J connectivity index is 2.12. The Labute approximate surface area is 116 Å². The molecule has 108 valence electrons. The molecule has 0 spiro atoms. The van der Waals surface area contributed by atoms with Crippen LogP contribution in [0.25, 0.3) is 0 Å². The summed E-state index contributed by atoms with van der Waals surface area (Å²) in [7, 11) is 0. The first-order valence-electron chi connectivity index (χ1n) is 6.58. The van der Waals surface area contributed by atoms with E-state index in [9.17, 15) is 4.79 Å². The Hall–Kier alpha value is -2.08. The van der Waals surface area contributed by atoms with Gasteiger partial charge in [0.15, 0.2) is 0 Å². The number of nitrogens with zero attached hydrogens (tertiary/aromatic N) is 2. The molecule has 0 aliphatic heterocycles. The van der Waals surface area contributed by atoms with Crippen LogP contribution >= 0.6 is 0 Å². The summed E-state index contributed by atoms with van der Waals surface area (Å²) in [6.45, 7) is 4.73. The molecule has 2 rings (SSSR count). The molecular weight excluding hydrogens is 260 g/mol. The third kappa shape index (κ3) is 3.08. The molecule has 0 atom stereocenters. The minimum atomic E-state index is -0.308. The van der Waals surface area contributed by atoms with Crippen molar-refractivity contribution >= 4 is 0 Å². The molecule has 2 heterocycles. The van der Waals surface area contributed by atoms with Crippen molar-refractivity contribution in [2.24, 2.45) is 0 Å². The van der Waals surface area contributed by atoms with E-state index < -0.39 is 0 Å². The molecule has 2 aromatic rings. The van der Waals surface area contributed by atoms with Crippen molar-refractivity contribution in [2.75, 3.05) is 0 Å². The number of aliphatic hydroxyl groups excluding tert-OH is 1. The average molecular weight is 278 g/mol. The monoisotopic (exact) mass is 278 g/mol. The van der Waals surface area contributed by atoms with Crippen LogP contribution in [0.2, 0.25) is 0 Å². The first kappa shape index (κ1) is 14.3. The lowest BCUT2D eigenvalue weighted by molar-refractivity contribution is 0.234. The summed E-state index contributed by atoms with van der Waals surface area (Å²) in [5.74, 6) is 0.346. The molecule has 0 aliphatic rings. The first-order chi connectivity index (χ1) is 9.67. The van der Waals surface area contributed by atoms with Crippen LogP contribution in [0.1, 0.15) is 31.0 Å². The number of aryl methyl sites for hydroxylation is 2. The summed E-state index contributed by atoms with van der Waals surface area (Å²) in [5.41, 5.74) is 1.60. The van der Waals surface area contributed by atoms with E-state index in [2.05, 4.69) is 5.10 Å². The summed E-state index contributed by atoms with van der Waals surface area (Å²) < 4.78 is 12.4. The second-order valence-electron chi connectivity index (χ2n) is 4.32. The van der Waals surface area contributed by atoms with E-state index in [-0.39, 0.29) is 30.2 Å². The highest BCUT2D eigenvalue weighted by Gasteiger charge is 2.09. The maximum absolute atomic E-state index is 11.7. The van der Waals surface area contributed by atoms with Crippen LogP contribution in [0.15, 0.2) is 27.6 Å². The molecule has 6 nitrogen and oxygen atoms in total. The van der Waals surface area contributed by atoms with E-state index >= 15 is 0 Å². The smallest absolute Gasteiger partial charge is 0.227 e. The number of hydrogen-bond acceptors (Lipinski definition) is 5. The predicted octanol–water partition coefficient (Wildman–Crippen LogP) is 1.49. The van der Waals surface area contributed by atoms with E-state index in [4.69, 9.17) is 14.3 Å².